The van der Waals surface area contributed by atoms with E-state index in [1.807, 2.05) is 50.4 Å². The highest BCUT2D eigenvalue weighted by atomic mass is 16.5. The Bertz CT molecular complexity index is 1400. The normalized spacial score (nSPS) is 16.2. The van der Waals surface area contributed by atoms with Crippen molar-refractivity contribution in [3.63, 3.8) is 0 Å². The molecule has 0 saturated carbocycles. The number of nitrogens with zero attached hydrogens (tertiary/aromatic N) is 3. The van der Waals surface area contributed by atoms with Gasteiger partial charge in [0.1, 0.15) is 5.82 Å². The maximum absolute atomic E-state index is 12.9. The van der Waals surface area contributed by atoms with Crippen molar-refractivity contribution in [2.24, 2.45) is 7.05 Å². The first-order valence-electron chi connectivity index (χ1n) is 12.1. The number of nitrogens with one attached hydrogen (secondary N) is 2. The number of anilines is 1. The first kappa shape index (κ1) is 23.1. The van der Waals surface area contributed by atoms with Crippen LogP contribution < -0.4 is 5.32 Å². The van der Waals surface area contributed by atoms with Gasteiger partial charge in [-0.25, -0.2) is 4.98 Å². The molecule has 2 N–H and O–H groups in total. The number of fused-ring (bicyclic) bond motifs is 2. The van der Waals surface area contributed by atoms with Crippen molar-refractivity contribution in [3.05, 3.63) is 59.5 Å². The molecule has 8 nitrogen and oxygen atoms in total. The fourth-order valence-electron chi connectivity index (χ4n) is 4.77. The van der Waals surface area contributed by atoms with Gasteiger partial charge >= 0.3 is 0 Å². The van der Waals surface area contributed by atoms with Crippen molar-refractivity contribution in [1.29, 1.82) is 0 Å². The minimum Gasteiger partial charge on any atom is -0.365 e. The highest BCUT2D eigenvalue weighted by molar-refractivity contribution is 5.97. The first-order chi connectivity index (χ1) is 16.9. The Morgan fingerprint density at radius 3 is 2.86 bits per heavy atom. The Kier molecular flexibility index (Phi) is 6.30. The number of carbonyl (C=O) groups is 2. The quantitative estimate of drug-likeness (QED) is 0.445. The molecule has 3 heterocycles. The van der Waals surface area contributed by atoms with Gasteiger partial charge in [0, 0.05) is 48.7 Å². The van der Waals surface area contributed by atoms with E-state index in [4.69, 9.17) is 4.74 Å². The summed E-state index contributed by atoms with van der Waals surface area (Å²) in [6, 6.07) is 13.8. The summed E-state index contributed by atoms with van der Waals surface area (Å²) in [4.78, 5) is 35.5. The summed E-state index contributed by atoms with van der Waals surface area (Å²) in [5.41, 5.74) is 6.11. The van der Waals surface area contributed by atoms with Crippen molar-refractivity contribution >= 4 is 39.4 Å². The first-order valence-corrected chi connectivity index (χ1v) is 12.1. The maximum atomic E-state index is 12.9. The summed E-state index contributed by atoms with van der Waals surface area (Å²) in [6.07, 6.45) is 1.17. The molecule has 1 fully saturated rings. The lowest BCUT2D eigenvalue weighted by Gasteiger charge is -2.32. The van der Waals surface area contributed by atoms with E-state index in [-0.39, 0.29) is 18.4 Å². The molecule has 8 heteroatoms. The average molecular weight is 474 g/mol. The van der Waals surface area contributed by atoms with E-state index >= 15 is 0 Å². The van der Waals surface area contributed by atoms with Crippen LogP contribution in [-0.4, -0.2) is 57.0 Å². The monoisotopic (exact) mass is 473 g/mol. The molecule has 4 aromatic rings. The number of ether oxygens (including phenoxy) is 1. The van der Waals surface area contributed by atoms with E-state index in [0.717, 1.165) is 45.6 Å². The van der Waals surface area contributed by atoms with Crippen LogP contribution in [0.4, 0.5) is 5.69 Å². The smallest absolute Gasteiger partial charge is 0.255 e. The number of H-pyrrole nitrogens is 1. The van der Waals surface area contributed by atoms with Gasteiger partial charge in [-0.15, -0.1) is 0 Å². The number of amides is 2. The molecule has 0 radical (unpaired) electrons. The van der Waals surface area contributed by atoms with Crippen LogP contribution in [-0.2, 0) is 27.8 Å². The molecule has 2 amide bonds. The fourth-order valence-corrected chi connectivity index (χ4v) is 4.77. The average Bonchev–Trinajstić information content (AvgIpc) is 3.34. The minimum absolute atomic E-state index is 0.0460. The van der Waals surface area contributed by atoms with Gasteiger partial charge in [0.05, 0.1) is 24.2 Å². The van der Waals surface area contributed by atoms with Gasteiger partial charge in [-0.05, 0) is 56.2 Å². The number of rotatable bonds is 6. The van der Waals surface area contributed by atoms with Crippen molar-refractivity contribution in [1.82, 2.24) is 19.4 Å². The lowest BCUT2D eigenvalue weighted by Crippen LogP contribution is -2.50. The largest absolute Gasteiger partial charge is 0.365 e. The molecule has 5 rings (SSSR count). The van der Waals surface area contributed by atoms with Crippen LogP contribution in [0.1, 0.15) is 29.9 Å². The molecule has 182 valence electrons. The van der Waals surface area contributed by atoms with Gasteiger partial charge in [0.25, 0.3) is 5.91 Å². The van der Waals surface area contributed by atoms with Crippen molar-refractivity contribution in [2.75, 3.05) is 25.0 Å². The molecule has 35 heavy (non-hydrogen) atoms. The van der Waals surface area contributed by atoms with Gasteiger partial charge < -0.3 is 24.5 Å². The molecule has 2 aromatic carbocycles. The zero-order valence-electron chi connectivity index (χ0n) is 20.4. The number of benzene rings is 2. The lowest BCUT2D eigenvalue weighted by atomic mass is 10.1. The predicted octanol–water partition coefficient (Wildman–Crippen LogP) is 3.86. The molecular formula is C27H31N5O3. The van der Waals surface area contributed by atoms with Crippen molar-refractivity contribution in [2.45, 2.75) is 39.2 Å². The van der Waals surface area contributed by atoms with Crippen LogP contribution in [0, 0.1) is 13.8 Å². The predicted molar refractivity (Wildman–Crippen MR) is 136 cm³/mol. The van der Waals surface area contributed by atoms with E-state index in [9.17, 15) is 9.59 Å². The minimum atomic E-state index is -0.683. The molecule has 1 unspecified atom stereocenters. The third-order valence-electron chi connectivity index (χ3n) is 6.96. The van der Waals surface area contributed by atoms with Crippen LogP contribution >= 0.6 is 0 Å². The van der Waals surface area contributed by atoms with E-state index in [1.165, 1.54) is 5.56 Å². The SMILES string of the molecule is Cc1[nH]c2ccc(NC(=O)C3CN(C(=O)CCCc4nc5ccccc5n4C)CCO3)cc2c1C. The Morgan fingerprint density at radius 2 is 2.03 bits per heavy atom. The number of imidazole rings is 1. The second-order valence-corrected chi connectivity index (χ2v) is 9.25. The van der Waals surface area contributed by atoms with Crippen LogP contribution in [0.25, 0.3) is 21.9 Å². The third-order valence-corrected chi connectivity index (χ3v) is 6.96. The molecule has 1 aliphatic rings. The van der Waals surface area contributed by atoms with Crippen LogP contribution in [0.2, 0.25) is 0 Å². The Labute approximate surface area is 204 Å². The van der Waals surface area contributed by atoms with Gasteiger partial charge in [0.2, 0.25) is 5.91 Å². The summed E-state index contributed by atoms with van der Waals surface area (Å²) in [5.74, 6) is 0.791. The number of hydrogen-bond acceptors (Lipinski definition) is 4. The maximum Gasteiger partial charge on any atom is 0.255 e. The Hall–Kier alpha value is -3.65. The topological polar surface area (TPSA) is 92.3 Å². The van der Waals surface area contributed by atoms with Gasteiger partial charge in [-0.1, -0.05) is 12.1 Å². The zero-order chi connectivity index (χ0) is 24.5. The lowest BCUT2D eigenvalue weighted by molar-refractivity contribution is -0.144. The number of aryl methyl sites for hydroxylation is 4. The number of hydrogen-bond donors (Lipinski definition) is 2. The highest BCUT2D eigenvalue weighted by Gasteiger charge is 2.29. The second kappa shape index (κ2) is 9.54. The van der Waals surface area contributed by atoms with Crippen molar-refractivity contribution < 1.29 is 14.3 Å². The molecule has 1 aliphatic heterocycles. The van der Waals surface area contributed by atoms with Crippen LogP contribution in [0.3, 0.4) is 0 Å². The summed E-state index contributed by atoms with van der Waals surface area (Å²) in [6.45, 7) is 5.21. The van der Waals surface area contributed by atoms with E-state index in [1.54, 1.807) is 4.90 Å². The van der Waals surface area contributed by atoms with Gasteiger partial charge in [0.15, 0.2) is 6.10 Å². The number of carbonyl (C=O) groups excluding carboxylic acids is 2. The standard InChI is InChI=1S/C27H31N5O3/c1-17-18(2)28-21-12-11-19(15-20(17)21)29-27(34)24-16-32(13-14-35-24)26(33)10-6-9-25-30-22-7-4-5-8-23(22)31(25)3/h4-5,7-8,11-12,15,24,28H,6,9-10,13-14,16H2,1-3H3,(H,29,34). The molecule has 2 aromatic heterocycles. The molecular weight excluding hydrogens is 442 g/mol. The second-order valence-electron chi connectivity index (χ2n) is 9.25. The number of aromatic nitrogens is 3. The molecule has 1 saturated heterocycles. The van der Waals surface area contributed by atoms with E-state index < -0.39 is 6.10 Å². The number of para-hydroxylation sites is 2. The summed E-state index contributed by atoms with van der Waals surface area (Å²) in [5, 5.41) is 4.04. The molecule has 0 aliphatic carbocycles. The van der Waals surface area contributed by atoms with Crippen LogP contribution in [0.5, 0.6) is 0 Å². The summed E-state index contributed by atoms with van der Waals surface area (Å²) in [7, 11) is 2.01. The number of morpholine rings is 1. The van der Waals surface area contributed by atoms with E-state index in [0.29, 0.717) is 26.0 Å². The highest BCUT2D eigenvalue weighted by Crippen LogP contribution is 2.25. The van der Waals surface area contributed by atoms with Gasteiger partial charge in [-0.2, -0.15) is 0 Å². The Morgan fingerprint density at radius 1 is 1.20 bits per heavy atom. The summed E-state index contributed by atoms with van der Waals surface area (Å²) >= 11 is 0. The zero-order valence-corrected chi connectivity index (χ0v) is 20.4. The van der Waals surface area contributed by atoms with Crippen LogP contribution in [0.15, 0.2) is 42.5 Å². The molecule has 0 bridgehead atoms. The summed E-state index contributed by atoms with van der Waals surface area (Å²) < 4.78 is 7.79. The van der Waals surface area contributed by atoms with Gasteiger partial charge in [-0.3, -0.25) is 9.59 Å². The fraction of sp³-hybridized carbons (Fsp3) is 0.370. The van der Waals surface area contributed by atoms with Crippen molar-refractivity contribution in [3.8, 4) is 0 Å². The van der Waals surface area contributed by atoms with E-state index in [2.05, 4.69) is 32.8 Å². The third kappa shape index (κ3) is 4.66. The molecule has 1 atom stereocenters. The Balaban J connectivity index is 1.16. The molecule has 0 spiro atoms. The number of aromatic amines is 1.